The van der Waals surface area contributed by atoms with Crippen molar-refractivity contribution >= 4 is 23.2 Å². The molecule has 0 unspecified atom stereocenters. The van der Waals surface area contributed by atoms with E-state index in [1.165, 1.54) is 16.5 Å². The Balaban J connectivity index is 1.42. The van der Waals surface area contributed by atoms with Crippen molar-refractivity contribution in [2.24, 2.45) is 5.92 Å². The molecule has 0 N–H and O–H groups in total. The number of hydrogen-bond acceptors (Lipinski definition) is 4. The second-order valence-corrected chi connectivity index (χ2v) is 10.8. The summed E-state index contributed by atoms with van der Waals surface area (Å²) < 4.78 is 14.1. The van der Waals surface area contributed by atoms with E-state index in [0.717, 1.165) is 57.2 Å². The Morgan fingerprint density at radius 2 is 1.89 bits per heavy atom. The first-order valence-electron chi connectivity index (χ1n) is 13.1. The number of halogens is 1. The molecule has 1 fully saturated rings. The van der Waals surface area contributed by atoms with Crippen molar-refractivity contribution in [1.29, 1.82) is 0 Å². The molecule has 1 aromatic carbocycles. The van der Waals surface area contributed by atoms with Crippen LogP contribution in [0.15, 0.2) is 35.7 Å². The molecule has 5 nitrogen and oxygen atoms in total. The second kappa shape index (κ2) is 12.1. The van der Waals surface area contributed by atoms with Crippen molar-refractivity contribution in [3.8, 4) is 0 Å². The van der Waals surface area contributed by atoms with Gasteiger partial charge in [-0.3, -0.25) is 14.5 Å². The molecule has 2 aliphatic heterocycles. The molecule has 1 saturated heterocycles. The zero-order valence-electron chi connectivity index (χ0n) is 21.0. The van der Waals surface area contributed by atoms with Crippen LogP contribution in [0.3, 0.4) is 0 Å². The number of nitrogens with zero attached hydrogens (tertiary/aromatic N) is 3. The molecule has 3 heterocycles. The fraction of sp³-hybridized carbons (Fsp3) is 0.571. The fourth-order valence-electron chi connectivity index (χ4n) is 5.48. The normalized spacial score (nSPS) is 19.8. The number of fused-ring (bicyclic) bond motifs is 1. The summed E-state index contributed by atoms with van der Waals surface area (Å²) in [7, 11) is 0. The molecular formula is C28H38FN3O2S. The van der Waals surface area contributed by atoms with Crippen LogP contribution in [-0.2, 0) is 16.0 Å². The molecule has 0 saturated carbocycles. The Morgan fingerprint density at radius 1 is 1.09 bits per heavy atom. The third-order valence-corrected chi connectivity index (χ3v) is 8.47. The summed E-state index contributed by atoms with van der Waals surface area (Å²) in [6.45, 7) is 7.92. The highest BCUT2D eigenvalue weighted by Gasteiger charge is 2.33. The van der Waals surface area contributed by atoms with Crippen molar-refractivity contribution in [2.75, 3.05) is 39.3 Å². The summed E-state index contributed by atoms with van der Waals surface area (Å²) in [5.41, 5.74) is 2.08. The number of thiophene rings is 1. The average molecular weight is 500 g/mol. The minimum absolute atomic E-state index is 0.0948. The van der Waals surface area contributed by atoms with Crippen molar-refractivity contribution in [2.45, 2.75) is 58.4 Å². The van der Waals surface area contributed by atoms with E-state index in [9.17, 15) is 14.0 Å². The van der Waals surface area contributed by atoms with Gasteiger partial charge in [0.2, 0.25) is 11.8 Å². The van der Waals surface area contributed by atoms with Gasteiger partial charge in [-0.2, -0.15) is 0 Å². The van der Waals surface area contributed by atoms with Crippen LogP contribution in [0.5, 0.6) is 0 Å². The van der Waals surface area contributed by atoms with E-state index in [2.05, 4.69) is 30.2 Å². The quantitative estimate of drug-likeness (QED) is 0.507. The lowest BCUT2D eigenvalue weighted by molar-refractivity contribution is -0.137. The minimum atomic E-state index is -0.252. The van der Waals surface area contributed by atoms with E-state index in [4.69, 9.17) is 0 Å². The molecule has 0 spiro atoms. The van der Waals surface area contributed by atoms with Crippen LogP contribution < -0.4 is 0 Å². The van der Waals surface area contributed by atoms with Crippen LogP contribution in [0.2, 0.25) is 0 Å². The number of unbranched alkanes of at least 4 members (excludes halogenated alkanes) is 1. The monoisotopic (exact) mass is 499 g/mol. The fourth-order valence-corrected chi connectivity index (χ4v) is 6.38. The average Bonchev–Trinajstić information content (AvgIpc) is 3.19. The van der Waals surface area contributed by atoms with Gasteiger partial charge in [0.1, 0.15) is 5.82 Å². The third-order valence-electron chi connectivity index (χ3n) is 7.48. The van der Waals surface area contributed by atoms with E-state index in [0.29, 0.717) is 26.2 Å². The Morgan fingerprint density at radius 3 is 2.66 bits per heavy atom. The lowest BCUT2D eigenvalue weighted by atomic mass is 9.93. The Bertz CT molecular complexity index is 1010. The molecular weight excluding hydrogens is 461 g/mol. The van der Waals surface area contributed by atoms with Crippen LogP contribution in [0.1, 0.15) is 68.0 Å². The van der Waals surface area contributed by atoms with Gasteiger partial charge < -0.3 is 9.80 Å². The number of amides is 2. The lowest BCUT2D eigenvalue weighted by Crippen LogP contribution is -2.45. The summed E-state index contributed by atoms with van der Waals surface area (Å²) in [5.74, 6) is 0.190. The molecule has 7 heteroatoms. The Labute approximate surface area is 212 Å². The van der Waals surface area contributed by atoms with Gasteiger partial charge in [-0.1, -0.05) is 38.8 Å². The van der Waals surface area contributed by atoms with Crippen molar-refractivity contribution in [1.82, 2.24) is 14.7 Å². The summed E-state index contributed by atoms with van der Waals surface area (Å²) in [6, 6.07) is 8.76. The smallest absolute Gasteiger partial charge is 0.236 e. The van der Waals surface area contributed by atoms with Crippen LogP contribution in [0, 0.1) is 11.7 Å². The maximum absolute atomic E-state index is 14.1. The molecule has 35 heavy (non-hydrogen) atoms. The maximum atomic E-state index is 14.1. The molecule has 1 aromatic heterocycles. The van der Waals surface area contributed by atoms with Crippen LogP contribution in [0.4, 0.5) is 4.39 Å². The van der Waals surface area contributed by atoms with Gasteiger partial charge in [0.15, 0.2) is 0 Å². The van der Waals surface area contributed by atoms with Crippen LogP contribution >= 0.6 is 11.3 Å². The van der Waals surface area contributed by atoms with E-state index >= 15 is 0 Å². The molecule has 2 amide bonds. The number of benzene rings is 1. The first kappa shape index (κ1) is 25.8. The zero-order valence-corrected chi connectivity index (χ0v) is 21.9. The standard InChI is InChI=1S/C28H38FN3O2S/c1-3-5-8-21(4-2)28(34)31-14-7-13-30(16-17-31)26(33)20-32-15-11-25-24(12-18-35-25)27(32)22-9-6-10-23(29)19-22/h6,9-10,12,18-19,21,27H,3-5,7-8,11,13-17,20H2,1-2H3/t21-,27+/m1/s1. The Kier molecular flexibility index (Phi) is 8.95. The molecule has 190 valence electrons. The van der Waals surface area contributed by atoms with Gasteiger partial charge in [0.05, 0.1) is 12.6 Å². The first-order chi connectivity index (χ1) is 17.0. The van der Waals surface area contributed by atoms with Crippen LogP contribution in [0.25, 0.3) is 0 Å². The van der Waals surface area contributed by atoms with E-state index in [-0.39, 0.29) is 29.6 Å². The molecule has 0 aliphatic carbocycles. The van der Waals surface area contributed by atoms with E-state index in [1.807, 2.05) is 15.9 Å². The molecule has 2 aliphatic rings. The van der Waals surface area contributed by atoms with Gasteiger partial charge in [-0.25, -0.2) is 4.39 Å². The van der Waals surface area contributed by atoms with Gasteiger partial charge in [0, 0.05) is 43.5 Å². The lowest BCUT2D eigenvalue weighted by Gasteiger charge is -2.37. The molecule has 0 radical (unpaired) electrons. The summed E-state index contributed by atoms with van der Waals surface area (Å²) in [6.07, 6.45) is 5.72. The minimum Gasteiger partial charge on any atom is -0.341 e. The predicted octanol–water partition coefficient (Wildman–Crippen LogP) is 5.11. The summed E-state index contributed by atoms with van der Waals surface area (Å²) in [5, 5.41) is 2.09. The van der Waals surface area contributed by atoms with Gasteiger partial charge >= 0.3 is 0 Å². The summed E-state index contributed by atoms with van der Waals surface area (Å²) in [4.78, 5) is 33.9. The number of carbonyl (C=O) groups is 2. The highest BCUT2D eigenvalue weighted by Crippen LogP contribution is 2.37. The van der Waals surface area contributed by atoms with Gasteiger partial charge in [-0.15, -0.1) is 11.3 Å². The molecule has 2 atom stereocenters. The summed E-state index contributed by atoms with van der Waals surface area (Å²) >= 11 is 1.74. The SMILES string of the molecule is CCCC[C@@H](CC)C(=O)N1CCCN(C(=O)CN2CCc3sccc3[C@@H]2c2cccc(F)c2)CC1. The number of rotatable bonds is 8. The van der Waals surface area contributed by atoms with Gasteiger partial charge in [-0.05, 0) is 60.4 Å². The predicted molar refractivity (Wildman–Crippen MR) is 139 cm³/mol. The van der Waals surface area contributed by atoms with Crippen LogP contribution in [-0.4, -0.2) is 65.8 Å². The zero-order chi connectivity index (χ0) is 24.8. The maximum Gasteiger partial charge on any atom is 0.236 e. The topological polar surface area (TPSA) is 43.9 Å². The van der Waals surface area contributed by atoms with Crippen molar-refractivity contribution in [3.05, 3.63) is 57.5 Å². The molecule has 4 rings (SSSR count). The number of hydrogen-bond donors (Lipinski definition) is 0. The van der Waals surface area contributed by atoms with Gasteiger partial charge in [0.25, 0.3) is 0 Å². The highest BCUT2D eigenvalue weighted by atomic mass is 32.1. The number of carbonyl (C=O) groups excluding carboxylic acids is 2. The van der Waals surface area contributed by atoms with E-state index < -0.39 is 0 Å². The first-order valence-corrected chi connectivity index (χ1v) is 14.0. The Hall–Kier alpha value is -2.25. The van der Waals surface area contributed by atoms with Crippen molar-refractivity contribution < 1.29 is 14.0 Å². The highest BCUT2D eigenvalue weighted by molar-refractivity contribution is 7.10. The van der Waals surface area contributed by atoms with E-state index in [1.54, 1.807) is 23.5 Å². The second-order valence-electron chi connectivity index (χ2n) is 9.78. The van der Waals surface area contributed by atoms with Crippen molar-refractivity contribution in [3.63, 3.8) is 0 Å². The molecule has 0 bridgehead atoms. The third kappa shape index (κ3) is 6.12. The molecule has 2 aromatic rings. The largest absolute Gasteiger partial charge is 0.341 e.